The highest BCUT2D eigenvalue weighted by Crippen LogP contribution is 2.16. The van der Waals surface area contributed by atoms with Crippen molar-refractivity contribution in [3.05, 3.63) is 27.8 Å². The van der Waals surface area contributed by atoms with Crippen LogP contribution in [0, 0.1) is 3.57 Å². The predicted molar refractivity (Wildman–Crippen MR) is 54.6 cm³/mol. The van der Waals surface area contributed by atoms with Crippen molar-refractivity contribution in [3.8, 4) is 5.75 Å². The van der Waals surface area contributed by atoms with Gasteiger partial charge in [0.1, 0.15) is 5.75 Å². The number of hydrogen-bond donors (Lipinski definition) is 0. The molecular weight excluding hydrogens is 314 g/mol. The maximum Gasteiger partial charge on any atom is 0.401 e. The molecule has 0 amide bonds. The van der Waals surface area contributed by atoms with E-state index in [0.717, 1.165) is 3.57 Å². The lowest BCUT2D eigenvalue weighted by atomic mass is 10.3. The highest BCUT2D eigenvalue weighted by molar-refractivity contribution is 14.1. The molecule has 0 bridgehead atoms. The zero-order chi connectivity index (χ0) is 9.19. The Labute approximate surface area is 88.4 Å². The van der Waals surface area contributed by atoms with E-state index in [1.807, 2.05) is 0 Å². The molecular formula is C6H4ClIO3S. The second-order valence-electron chi connectivity index (χ2n) is 1.93. The van der Waals surface area contributed by atoms with Crippen LogP contribution in [0.2, 0.25) is 0 Å². The number of hydrogen-bond acceptors (Lipinski definition) is 3. The Hall–Kier alpha value is -0.0100. The molecule has 0 heterocycles. The Morgan fingerprint density at radius 3 is 2.17 bits per heavy atom. The molecule has 0 radical (unpaired) electrons. The monoisotopic (exact) mass is 318 g/mol. The molecule has 0 saturated carbocycles. The molecule has 0 unspecified atom stereocenters. The van der Waals surface area contributed by atoms with E-state index in [-0.39, 0.29) is 5.75 Å². The SMILES string of the molecule is O=S(=O)(Cl)Oc1ccc(I)cc1. The third-order valence-electron chi connectivity index (χ3n) is 1.01. The minimum atomic E-state index is -3.92. The Morgan fingerprint density at radius 1 is 1.25 bits per heavy atom. The zero-order valence-corrected chi connectivity index (χ0v) is 9.43. The minimum absolute atomic E-state index is 0.213. The third kappa shape index (κ3) is 3.59. The molecule has 3 nitrogen and oxygen atoms in total. The molecule has 0 aliphatic heterocycles. The summed E-state index contributed by atoms with van der Waals surface area (Å²) in [5, 5.41) is 0. The molecule has 12 heavy (non-hydrogen) atoms. The van der Waals surface area contributed by atoms with Crippen molar-refractivity contribution < 1.29 is 12.6 Å². The molecule has 1 rings (SSSR count). The van der Waals surface area contributed by atoms with E-state index in [0.29, 0.717) is 0 Å². The van der Waals surface area contributed by atoms with Gasteiger partial charge in [0.2, 0.25) is 0 Å². The summed E-state index contributed by atoms with van der Waals surface area (Å²) in [6.07, 6.45) is 0. The summed E-state index contributed by atoms with van der Waals surface area (Å²) in [6.45, 7) is 0. The van der Waals surface area contributed by atoms with E-state index < -0.39 is 9.33 Å². The lowest BCUT2D eigenvalue weighted by Crippen LogP contribution is -1.99. The molecule has 0 aliphatic rings. The molecule has 0 saturated heterocycles. The zero-order valence-electron chi connectivity index (χ0n) is 5.70. The van der Waals surface area contributed by atoms with Gasteiger partial charge in [-0.25, -0.2) is 0 Å². The highest BCUT2D eigenvalue weighted by atomic mass is 127. The molecule has 0 spiro atoms. The van der Waals surface area contributed by atoms with Gasteiger partial charge in [-0.3, -0.25) is 0 Å². The van der Waals surface area contributed by atoms with Crippen LogP contribution in [-0.2, 0) is 9.33 Å². The second-order valence-corrected chi connectivity index (χ2v) is 5.26. The van der Waals surface area contributed by atoms with Crippen molar-refractivity contribution in [2.75, 3.05) is 0 Å². The predicted octanol–water partition coefficient (Wildman–Crippen LogP) is 2.15. The fourth-order valence-corrected chi connectivity index (χ4v) is 1.52. The third-order valence-corrected chi connectivity index (χ3v) is 2.31. The topological polar surface area (TPSA) is 43.4 Å². The van der Waals surface area contributed by atoms with E-state index in [1.165, 1.54) is 12.1 Å². The van der Waals surface area contributed by atoms with Crippen LogP contribution in [0.3, 0.4) is 0 Å². The van der Waals surface area contributed by atoms with E-state index in [4.69, 9.17) is 10.7 Å². The quantitative estimate of drug-likeness (QED) is 0.620. The van der Waals surface area contributed by atoms with Crippen LogP contribution >= 0.6 is 33.3 Å². The van der Waals surface area contributed by atoms with E-state index in [1.54, 1.807) is 12.1 Å². The summed E-state index contributed by atoms with van der Waals surface area (Å²) in [4.78, 5) is 0. The molecule has 0 aliphatic carbocycles. The lowest BCUT2D eigenvalue weighted by Gasteiger charge is -1.99. The summed E-state index contributed by atoms with van der Waals surface area (Å²) in [6, 6.07) is 6.50. The maximum absolute atomic E-state index is 10.4. The standard InChI is InChI=1S/C6H4ClIO3S/c7-12(9,10)11-6-3-1-5(8)2-4-6/h1-4H. The van der Waals surface area contributed by atoms with Gasteiger partial charge >= 0.3 is 9.33 Å². The van der Waals surface area contributed by atoms with Crippen LogP contribution in [-0.4, -0.2) is 8.42 Å². The van der Waals surface area contributed by atoms with Gasteiger partial charge in [-0.15, -0.1) is 0 Å². The highest BCUT2D eigenvalue weighted by Gasteiger charge is 2.05. The number of benzene rings is 1. The molecule has 0 N–H and O–H groups in total. The largest absolute Gasteiger partial charge is 0.401 e. The molecule has 0 fully saturated rings. The van der Waals surface area contributed by atoms with E-state index >= 15 is 0 Å². The lowest BCUT2D eigenvalue weighted by molar-refractivity contribution is 0.503. The first-order valence-electron chi connectivity index (χ1n) is 2.87. The van der Waals surface area contributed by atoms with Crippen LogP contribution in [0.4, 0.5) is 0 Å². The van der Waals surface area contributed by atoms with Crippen LogP contribution in [0.25, 0.3) is 0 Å². The van der Waals surface area contributed by atoms with Gasteiger partial charge < -0.3 is 4.18 Å². The van der Waals surface area contributed by atoms with Crippen molar-refractivity contribution in [1.82, 2.24) is 0 Å². The van der Waals surface area contributed by atoms with Crippen molar-refractivity contribution >= 4 is 42.6 Å². The van der Waals surface area contributed by atoms with E-state index in [2.05, 4.69) is 26.8 Å². The first-order chi connectivity index (χ1) is 5.47. The summed E-state index contributed by atoms with van der Waals surface area (Å²) < 4.78 is 26.2. The van der Waals surface area contributed by atoms with Crippen LogP contribution < -0.4 is 4.18 Å². The number of halogens is 2. The molecule has 6 heteroatoms. The molecule has 1 aromatic carbocycles. The normalized spacial score (nSPS) is 11.2. The Kier molecular flexibility index (Phi) is 3.19. The molecule has 0 aromatic heterocycles. The van der Waals surface area contributed by atoms with Crippen LogP contribution in [0.5, 0.6) is 5.75 Å². The van der Waals surface area contributed by atoms with Gasteiger partial charge in [-0.1, -0.05) is 0 Å². The van der Waals surface area contributed by atoms with Crippen molar-refractivity contribution in [3.63, 3.8) is 0 Å². The van der Waals surface area contributed by atoms with Gasteiger partial charge in [-0.2, -0.15) is 8.42 Å². The smallest absolute Gasteiger partial charge is 0.371 e. The fourth-order valence-electron chi connectivity index (χ4n) is 0.605. The van der Waals surface area contributed by atoms with Crippen LogP contribution in [0.1, 0.15) is 0 Å². The van der Waals surface area contributed by atoms with E-state index in [9.17, 15) is 8.42 Å². The fraction of sp³-hybridized carbons (Fsp3) is 0. The first kappa shape index (κ1) is 10.1. The Bertz CT molecular complexity index is 359. The van der Waals surface area contributed by atoms with Gasteiger partial charge in [0, 0.05) is 3.57 Å². The van der Waals surface area contributed by atoms with Gasteiger partial charge in [-0.05, 0) is 46.9 Å². The van der Waals surface area contributed by atoms with Gasteiger partial charge in [0.15, 0.2) is 0 Å². The maximum atomic E-state index is 10.4. The Morgan fingerprint density at radius 2 is 1.75 bits per heavy atom. The Balaban J connectivity index is 2.85. The van der Waals surface area contributed by atoms with Crippen LogP contribution in [0.15, 0.2) is 24.3 Å². The van der Waals surface area contributed by atoms with Crippen molar-refractivity contribution in [2.24, 2.45) is 0 Å². The summed E-state index contributed by atoms with van der Waals surface area (Å²) in [5.74, 6) is 0.213. The molecule has 66 valence electrons. The van der Waals surface area contributed by atoms with Crippen molar-refractivity contribution in [2.45, 2.75) is 0 Å². The molecule has 0 atom stereocenters. The number of rotatable bonds is 2. The summed E-state index contributed by atoms with van der Waals surface area (Å²) >= 11 is 2.10. The van der Waals surface area contributed by atoms with Gasteiger partial charge in [0.25, 0.3) is 0 Å². The first-order valence-corrected chi connectivity index (χ1v) is 6.18. The van der Waals surface area contributed by atoms with Crippen molar-refractivity contribution in [1.29, 1.82) is 0 Å². The summed E-state index contributed by atoms with van der Waals surface area (Å²) in [7, 11) is 0.935. The second kappa shape index (κ2) is 3.80. The average Bonchev–Trinajstić information content (AvgIpc) is 1.91. The molecule has 1 aromatic rings. The average molecular weight is 319 g/mol. The minimum Gasteiger partial charge on any atom is -0.371 e. The van der Waals surface area contributed by atoms with Gasteiger partial charge in [0.05, 0.1) is 10.7 Å². The summed E-state index contributed by atoms with van der Waals surface area (Å²) in [5.41, 5.74) is 0.